The van der Waals surface area contributed by atoms with Crippen molar-refractivity contribution in [3.8, 4) is 0 Å². The maximum atomic E-state index is 12.6. The van der Waals surface area contributed by atoms with Gasteiger partial charge in [0.1, 0.15) is 12.7 Å². The Morgan fingerprint density at radius 1 is 0.897 bits per heavy atom. The largest absolute Gasteiger partial charge is 0.459 e. The number of carbonyl (C=O) groups excluding carboxylic acids is 2. The van der Waals surface area contributed by atoms with Crippen LogP contribution in [0.5, 0.6) is 0 Å². The fraction of sp³-hybridized carbons (Fsp3) is 0.364. The highest BCUT2D eigenvalue weighted by atomic mass is 16.8. The zero-order valence-corrected chi connectivity index (χ0v) is 16.1. The Labute approximate surface area is 168 Å². The van der Waals surface area contributed by atoms with E-state index in [-0.39, 0.29) is 6.61 Å². The first-order chi connectivity index (χ1) is 13.9. The molecular weight excluding hydrogens is 376 g/mol. The average Bonchev–Trinajstić information content (AvgIpc) is 3.19. The van der Waals surface area contributed by atoms with Crippen LogP contribution in [-0.2, 0) is 23.7 Å². The lowest BCUT2D eigenvalue weighted by molar-refractivity contribution is -0.218. The van der Waals surface area contributed by atoms with Crippen LogP contribution in [-0.4, -0.2) is 48.9 Å². The summed E-state index contributed by atoms with van der Waals surface area (Å²) in [7, 11) is 0. The van der Waals surface area contributed by atoms with Crippen molar-refractivity contribution >= 4 is 11.9 Å². The van der Waals surface area contributed by atoms with Gasteiger partial charge in [-0.15, -0.1) is 0 Å². The van der Waals surface area contributed by atoms with Crippen molar-refractivity contribution in [2.24, 2.45) is 0 Å². The van der Waals surface area contributed by atoms with E-state index in [2.05, 4.69) is 0 Å². The molecule has 0 aromatic heterocycles. The van der Waals surface area contributed by atoms with Crippen LogP contribution in [0, 0.1) is 0 Å². The Kier molecular flexibility index (Phi) is 5.36. The number of hydrogen-bond acceptors (Lipinski definition) is 7. The summed E-state index contributed by atoms with van der Waals surface area (Å²) < 4.78 is 28.5. The molecule has 29 heavy (non-hydrogen) atoms. The van der Waals surface area contributed by atoms with Gasteiger partial charge in [0.05, 0.1) is 11.1 Å². The molecule has 0 bridgehead atoms. The molecular formula is C22H22O7. The lowest BCUT2D eigenvalue weighted by atomic mass is 10.1. The summed E-state index contributed by atoms with van der Waals surface area (Å²) in [4.78, 5) is 24.8. The first-order valence-electron chi connectivity index (χ1n) is 9.42. The second-order valence-electron chi connectivity index (χ2n) is 7.34. The predicted molar refractivity (Wildman–Crippen MR) is 101 cm³/mol. The first kappa shape index (κ1) is 19.6. The molecule has 0 aliphatic carbocycles. The third kappa shape index (κ3) is 4.32. The summed E-state index contributed by atoms with van der Waals surface area (Å²) in [5, 5.41) is 0. The molecule has 0 spiro atoms. The third-order valence-electron chi connectivity index (χ3n) is 4.73. The molecule has 4 atom stereocenters. The molecule has 4 rings (SSSR count). The highest BCUT2D eigenvalue weighted by molar-refractivity contribution is 5.90. The maximum absolute atomic E-state index is 12.6. The number of esters is 2. The van der Waals surface area contributed by atoms with Crippen LogP contribution in [0.2, 0.25) is 0 Å². The summed E-state index contributed by atoms with van der Waals surface area (Å²) in [5.74, 6) is -1.85. The highest BCUT2D eigenvalue weighted by Crippen LogP contribution is 2.39. The monoisotopic (exact) mass is 398 g/mol. The van der Waals surface area contributed by atoms with Crippen molar-refractivity contribution in [3.63, 3.8) is 0 Å². The average molecular weight is 398 g/mol. The van der Waals surface area contributed by atoms with E-state index in [1.165, 1.54) is 0 Å². The molecule has 2 aliphatic rings. The SMILES string of the molecule is CC1(C)O[C@H]2O[C@H](COC(=O)c3ccccc3)C(OC(=O)c3ccccc3)[C@@H]2O1. The fourth-order valence-electron chi connectivity index (χ4n) is 3.40. The quantitative estimate of drug-likeness (QED) is 0.717. The van der Waals surface area contributed by atoms with Gasteiger partial charge in [-0.05, 0) is 38.1 Å². The minimum absolute atomic E-state index is 0.0966. The van der Waals surface area contributed by atoms with E-state index in [0.717, 1.165) is 0 Å². The molecule has 7 nitrogen and oxygen atoms in total. The second kappa shape index (κ2) is 7.94. The Hall–Kier alpha value is -2.74. The molecule has 2 aliphatic heterocycles. The van der Waals surface area contributed by atoms with E-state index in [1.807, 2.05) is 12.1 Å². The summed E-state index contributed by atoms with van der Waals surface area (Å²) in [6.45, 7) is 3.42. The standard InChI is InChI=1S/C22H22O7/c1-22(2)28-18-17(27-20(24)15-11-7-4-8-12-15)16(26-21(18)29-22)13-25-19(23)14-9-5-3-6-10-14/h3-12,16-18,21H,13H2,1-2H3/t16-,17?,18+,21-/m1/s1. The molecule has 0 saturated carbocycles. The number of hydrogen-bond donors (Lipinski definition) is 0. The molecule has 7 heteroatoms. The Bertz CT molecular complexity index is 865. The highest BCUT2D eigenvalue weighted by Gasteiger charge is 2.56. The Morgan fingerprint density at radius 3 is 2.10 bits per heavy atom. The van der Waals surface area contributed by atoms with Gasteiger partial charge in [0.25, 0.3) is 0 Å². The predicted octanol–water partition coefficient (Wildman–Crippen LogP) is 2.95. The molecule has 2 saturated heterocycles. The summed E-state index contributed by atoms with van der Waals surface area (Å²) >= 11 is 0. The van der Waals surface area contributed by atoms with Crippen molar-refractivity contribution in [1.29, 1.82) is 0 Å². The molecule has 2 aromatic rings. The van der Waals surface area contributed by atoms with Crippen molar-refractivity contribution in [2.45, 2.75) is 44.2 Å². The Balaban J connectivity index is 1.46. The maximum Gasteiger partial charge on any atom is 0.338 e. The molecule has 0 amide bonds. The van der Waals surface area contributed by atoms with Gasteiger partial charge in [0.2, 0.25) is 0 Å². The van der Waals surface area contributed by atoms with Crippen LogP contribution in [0.25, 0.3) is 0 Å². The third-order valence-corrected chi connectivity index (χ3v) is 4.73. The van der Waals surface area contributed by atoms with Gasteiger partial charge >= 0.3 is 11.9 Å². The fourth-order valence-corrected chi connectivity index (χ4v) is 3.40. The normalized spacial score (nSPS) is 27.2. The minimum Gasteiger partial charge on any atom is -0.459 e. The van der Waals surface area contributed by atoms with E-state index in [0.29, 0.717) is 11.1 Å². The molecule has 2 heterocycles. The van der Waals surface area contributed by atoms with Crippen LogP contribution in [0.15, 0.2) is 60.7 Å². The lowest BCUT2D eigenvalue weighted by Crippen LogP contribution is -2.40. The molecule has 0 radical (unpaired) electrons. The lowest BCUT2D eigenvalue weighted by Gasteiger charge is -2.25. The molecule has 0 N–H and O–H groups in total. The van der Waals surface area contributed by atoms with Crippen LogP contribution in [0.3, 0.4) is 0 Å². The topological polar surface area (TPSA) is 80.3 Å². The number of fused-ring (bicyclic) bond motifs is 1. The van der Waals surface area contributed by atoms with Crippen molar-refractivity contribution in [3.05, 3.63) is 71.8 Å². The molecule has 2 aromatic carbocycles. The summed E-state index contributed by atoms with van der Waals surface area (Å²) in [6.07, 6.45) is -2.81. The number of rotatable bonds is 5. The smallest absolute Gasteiger partial charge is 0.338 e. The zero-order valence-electron chi connectivity index (χ0n) is 16.1. The van der Waals surface area contributed by atoms with Gasteiger partial charge in [-0.1, -0.05) is 36.4 Å². The summed E-state index contributed by atoms with van der Waals surface area (Å²) in [5.41, 5.74) is 0.839. The zero-order chi connectivity index (χ0) is 20.4. The first-order valence-corrected chi connectivity index (χ1v) is 9.42. The van der Waals surface area contributed by atoms with E-state index in [4.69, 9.17) is 23.7 Å². The van der Waals surface area contributed by atoms with E-state index in [1.54, 1.807) is 62.4 Å². The number of ether oxygens (including phenoxy) is 5. The van der Waals surface area contributed by atoms with E-state index < -0.39 is 42.3 Å². The van der Waals surface area contributed by atoms with Gasteiger partial charge in [0.15, 0.2) is 24.3 Å². The van der Waals surface area contributed by atoms with Gasteiger partial charge in [-0.25, -0.2) is 9.59 Å². The van der Waals surface area contributed by atoms with Gasteiger partial charge in [-0.3, -0.25) is 0 Å². The van der Waals surface area contributed by atoms with E-state index >= 15 is 0 Å². The van der Waals surface area contributed by atoms with E-state index in [9.17, 15) is 9.59 Å². The van der Waals surface area contributed by atoms with Crippen LogP contribution < -0.4 is 0 Å². The Morgan fingerprint density at radius 2 is 1.48 bits per heavy atom. The van der Waals surface area contributed by atoms with Crippen LogP contribution in [0.4, 0.5) is 0 Å². The molecule has 2 fully saturated rings. The minimum atomic E-state index is -0.863. The molecule has 152 valence electrons. The van der Waals surface area contributed by atoms with Gasteiger partial charge < -0.3 is 23.7 Å². The van der Waals surface area contributed by atoms with Crippen LogP contribution >= 0.6 is 0 Å². The van der Waals surface area contributed by atoms with Gasteiger partial charge in [-0.2, -0.15) is 0 Å². The van der Waals surface area contributed by atoms with Gasteiger partial charge in [0, 0.05) is 0 Å². The van der Waals surface area contributed by atoms with Crippen molar-refractivity contribution in [2.75, 3.05) is 6.61 Å². The van der Waals surface area contributed by atoms with Crippen molar-refractivity contribution < 1.29 is 33.3 Å². The summed E-state index contributed by atoms with van der Waals surface area (Å²) in [6, 6.07) is 17.3. The van der Waals surface area contributed by atoms with Crippen molar-refractivity contribution in [1.82, 2.24) is 0 Å². The molecule has 1 unspecified atom stereocenters. The number of carbonyl (C=O) groups is 2. The second-order valence-corrected chi connectivity index (χ2v) is 7.34. The number of benzene rings is 2. The van der Waals surface area contributed by atoms with Crippen LogP contribution in [0.1, 0.15) is 34.6 Å².